The van der Waals surface area contributed by atoms with Crippen LogP contribution in [0, 0.1) is 0 Å². The lowest BCUT2D eigenvalue weighted by Crippen LogP contribution is -1.79. The summed E-state index contributed by atoms with van der Waals surface area (Å²) in [5.41, 5.74) is 1.11. The molecule has 0 N–H and O–H groups in total. The molecule has 2 heteroatoms. The number of hydrogen-bond donors (Lipinski definition) is 0. The molecule has 0 atom stereocenters. The zero-order valence-electron chi connectivity index (χ0n) is 5.71. The Kier molecular flexibility index (Phi) is 1.31. The lowest BCUT2D eigenvalue weighted by Gasteiger charge is -1.93. The van der Waals surface area contributed by atoms with E-state index in [0.717, 1.165) is 30.9 Å². The van der Waals surface area contributed by atoms with Crippen molar-refractivity contribution in [1.82, 2.24) is 0 Å². The van der Waals surface area contributed by atoms with E-state index in [-0.39, 0.29) is 0 Å². The van der Waals surface area contributed by atoms with Crippen LogP contribution in [0.3, 0.4) is 0 Å². The van der Waals surface area contributed by atoms with Gasteiger partial charge in [-0.3, -0.25) is 4.99 Å². The Hall–Kier alpha value is -1.05. The van der Waals surface area contributed by atoms with Gasteiger partial charge >= 0.3 is 0 Å². The number of hydrogen-bond acceptors (Lipinski definition) is 2. The summed E-state index contributed by atoms with van der Waals surface area (Å²) in [5.74, 6) is 0.966. The maximum atomic E-state index is 5.32. The molecule has 2 nitrogen and oxygen atoms in total. The Morgan fingerprint density at radius 1 is 1.50 bits per heavy atom. The van der Waals surface area contributed by atoms with Crippen molar-refractivity contribution in [3.63, 3.8) is 0 Å². The number of allylic oxidation sites excluding steroid dienone is 2. The van der Waals surface area contributed by atoms with Crippen LogP contribution in [0.4, 0.5) is 0 Å². The molecule has 0 amide bonds. The quantitative estimate of drug-likeness (QED) is 0.495. The zero-order valence-corrected chi connectivity index (χ0v) is 5.71. The van der Waals surface area contributed by atoms with Crippen LogP contribution in [0.1, 0.15) is 12.8 Å². The fourth-order valence-corrected chi connectivity index (χ4v) is 1.14. The van der Waals surface area contributed by atoms with Gasteiger partial charge in [0.05, 0.1) is 12.3 Å². The van der Waals surface area contributed by atoms with E-state index in [0.29, 0.717) is 0 Å². The van der Waals surface area contributed by atoms with Crippen molar-refractivity contribution >= 4 is 6.21 Å². The fraction of sp³-hybridized carbons (Fsp3) is 0.375. The molecule has 2 aliphatic rings. The van der Waals surface area contributed by atoms with Crippen molar-refractivity contribution in [3.05, 3.63) is 23.6 Å². The van der Waals surface area contributed by atoms with Gasteiger partial charge in [0.2, 0.25) is 0 Å². The molecule has 0 bridgehead atoms. The molecule has 0 aromatic carbocycles. The second-order valence-electron chi connectivity index (χ2n) is 2.36. The molecule has 0 fully saturated rings. The summed E-state index contributed by atoms with van der Waals surface area (Å²) >= 11 is 0. The minimum absolute atomic E-state index is 0.798. The first-order valence-corrected chi connectivity index (χ1v) is 3.52. The molecule has 52 valence electrons. The second-order valence-corrected chi connectivity index (χ2v) is 2.36. The van der Waals surface area contributed by atoms with Crippen LogP contribution in [0.2, 0.25) is 0 Å². The predicted molar refractivity (Wildman–Crippen MR) is 39.8 cm³/mol. The van der Waals surface area contributed by atoms with Crippen LogP contribution in [0.15, 0.2) is 28.6 Å². The van der Waals surface area contributed by atoms with Gasteiger partial charge in [0.1, 0.15) is 5.76 Å². The first-order valence-electron chi connectivity index (χ1n) is 3.52. The van der Waals surface area contributed by atoms with Crippen molar-refractivity contribution < 1.29 is 4.74 Å². The van der Waals surface area contributed by atoms with E-state index in [1.807, 2.05) is 12.3 Å². The van der Waals surface area contributed by atoms with Crippen LogP contribution in [0.25, 0.3) is 0 Å². The lowest BCUT2D eigenvalue weighted by atomic mass is 10.3. The normalized spacial score (nSPS) is 22.4. The van der Waals surface area contributed by atoms with Crippen molar-refractivity contribution in [2.75, 3.05) is 6.61 Å². The lowest BCUT2D eigenvalue weighted by molar-refractivity contribution is 0.257. The Bertz CT molecular complexity index is 203. The van der Waals surface area contributed by atoms with Gasteiger partial charge in [-0.15, -0.1) is 0 Å². The van der Waals surface area contributed by atoms with Crippen LogP contribution >= 0.6 is 0 Å². The first kappa shape index (κ1) is 5.71. The molecular weight excluding hydrogens is 126 g/mol. The van der Waals surface area contributed by atoms with E-state index in [9.17, 15) is 0 Å². The highest BCUT2D eigenvalue weighted by Gasteiger charge is 2.12. The average molecular weight is 135 g/mol. The van der Waals surface area contributed by atoms with Crippen LogP contribution in [-0.4, -0.2) is 12.8 Å². The highest BCUT2D eigenvalue weighted by molar-refractivity contribution is 5.62. The minimum atomic E-state index is 0.798. The third-order valence-corrected chi connectivity index (χ3v) is 1.64. The van der Waals surface area contributed by atoms with E-state index in [1.54, 1.807) is 0 Å². The smallest absolute Gasteiger partial charge is 0.140 e. The number of ether oxygens (including phenoxy) is 1. The van der Waals surface area contributed by atoms with Gasteiger partial charge in [-0.1, -0.05) is 6.08 Å². The van der Waals surface area contributed by atoms with Gasteiger partial charge in [0.25, 0.3) is 0 Å². The molecule has 2 aliphatic heterocycles. The largest absolute Gasteiger partial charge is 0.491 e. The number of rotatable bonds is 0. The predicted octanol–water partition coefficient (Wildman–Crippen LogP) is 1.65. The monoisotopic (exact) mass is 135 g/mol. The summed E-state index contributed by atoms with van der Waals surface area (Å²) < 4.78 is 5.32. The standard InChI is InChI=1S/C8H9NO/c1-2-5-9-7-4-6-10-8(7)3-1/h1,3,5H,2,4,6H2. The van der Waals surface area contributed by atoms with Gasteiger partial charge < -0.3 is 4.74 Å². The van der Waals surface area contributed by atoms with E-state index in [4.69, 9.17) is 4.74 Å². The third kappa shape index (κ3) is 0.856. The van der Waals surface area contributed by atoms with E-state index in [2.05, 4.69) is 11.1 Å². The Morgan fingerprint density at radius 2 is 2.50 bits per heavy atom. The van der Waals surface area contributed by atoms with Crippen molar-refractivity contribution in [3.8, 4) is 0 Å². The van der Waals surface area contributed by atoms with Crippen molar-refractivity contribution in [1.29, 1.82) is 0 Å². The molecule has 0 spiro atoms. The number of nitrogens with zero attached hydrogens (tertiary/aromatic N) is 1. The van der Waals surface area contributed by atoms with Crippen LogP contribution in [0.5, 0.6) is 0 Å². The maximum absolute atomic E-state index is 5.32. The fourth-order valence-electron chi connectivity index (χ4n) is 1.14. The highest BCUT2D eigenvalue weighted by atomic mass is 16.5. The molecule has 0 radical (unpaired) electrons. The zero-order chi connectivity index (χ0) is 6.81. The Balaban J connectivity index is 2.34. The average Bonchev–Trinajstić information content (AvgIpc) is 2.28. The van der Waals surface area contributed by atoms with Crippen LogP contribution < -0.4 is 0 Å². The summed E-state index contributed by atoms with van der Waals surface area (Å²) in [4.78, 5) is 4.25. The number of aliphatic imine (C=N–C) groups is 1. The SMILES string of the molecule is C1=CC2=C(CCO2)N=CC1. The molecule has 0 aromatic heterocycles. The maximum Gasteiger partial charge on any atom is 0.140 e. The topological polar surface area (TPSA) is 21.6 Å². The van der Waals surface area contributed by atoms with Gasteiger partial charge in [-0.05, 0) is 6.08 Å². The molecular formula is C8H9NO. The summed E-state index contributed by atoms with van der Waals surface area (Å²) in [5, 5.41) is 0. The van der Waals surface area contributed by atoms with E-state index >= 15 is 0 Å². The van der Waals surface area contributed by atoms with Gasteiger partial charge in [0.15, 0.2) is 0 Å². The van der Waals surface area contributed by atoms with Gasteiger partial charge in [-0.2, -0.15) is 0 Å². The van der Waals surface area contributed by atoms with Gasteiger partial charge in [-0.25, -0.2) is 0 Å². The summed E-state index contributed by atoms with van der Waals surface area (Å²) in [6.07, 6.45) is 7.90. The Morgan fingerprint density at radius 3 is 3.50 bits per heavy atom. The molecule has 0 aliphatic carbocycles. The molecule has 0 aromatic rings. The van der Waals surface area contributed by atoms with Gasteiger partial charge in [0, 0.05) is 19.1 Å². The van der Waals surface area contributed by atoms with Crippen LogP contribution in [-0.2, 0) is 4.74 Å². The van der Waals surface area contributed by atoms with Crippen molar-refractivity contribution in [2.45, 2.75) is 12.8 Å². The minimum Gasteiger partial charge on any atom is -0.491 e. The molecule has 0 saturated heterocycles. The molecule has 0 unspecified atom stereocenters. The second kappa shape index (κ2) is 2.29. The van der Waals surface area contributed by atoms with E-state index < -0.39 is 0 Å². The summed E-state index contributed by atoms with van der Waals surface area (Å²) in [6.45, 7) is 0.798. The van der Waals surface area contributed by atoms with Crippen molar-refractivity contribution in [2.24, 2.45) is 4.99 Å². The molecule has 0 saturated carbocycles. The summed E-state index contributed by atoms with van der Waals surface area (Å²) in [7, 11) is 0. The first-order chi connectivity index (χ1) is 4.97. The molecule has 10 heavy (non-hydrogen) atoms. The molecule has 2 heterocycles. The highest BCUT2D eigenvalue weighted by Crippen LogP contribution is 2.22. The molecule has 2 rings (SSSR count). The third-order valence-electron chi connectivity index (χ3n) is 1.64. The Labute approximate surface area is 59.9 Å². The summed E-state index contributed by atoms with van der Waals surface area (Å²) in [6, 6.07) is 0. The van der Waals surface area contributed by atoms with E-state index in [1.165, 1.54) is 0 Å².